The van der Waals surface area contributed by atoms with E-state index in [0.717, 1.165) is 0 Å². The van der Waals surface area contributed by atoms with E-state index in [0.29, 0.717) is 5.70 Å². The first-order chi connectivity index (χ1) is 5.20. The Morgan fingerprint density at radius 2 is 2.18 bits per heavy atom. The van der Waals surface area contributed by atoms with E-state index in [1.54, 1.807) is 12.2 Å². The Balaban J connectivity index is 3.88. The smallest absolute Gasteiger partial charge is 0.322 e. The van der Waals surface area contributed by atoms with Gasteiger partial charge >= 0.3 is 5.97 Å². The molecule has 0 bridgehead atoms. The number of allylic oxidation sites excluding steroid dienone is 3. The highest BCUT2D eigenvalue weighted by atomic mass is 16.4. The van der Waals surface area contributed by atoms with Crippen molar-refractivity contribution < 1.29 is 9.90 Å². The van der Waals surface area contributed by atoms with Crippen LogP contribution in [0, 0.1) is 0 Å². The van der Waals surface area contributed by atoms with Crippen LogP contribution in [-0.2, 0) is 4.79 Å². The van der Waals surface area contributed by atoms with E-state index in [1.165, 1.54) is 6.08 Å². The molecule has 0 unspecified atom stereocenters. The van der Waals surface area contributed by atoms with Gasteiger partial charge in [-0.25, -0.2) is 0 Å². The van der Waals surface area contributed by atoms with Gasteiger partial charge in [0.15, 0.2) is 0 Å². The van der Waals surface area contributed by atoms with Crippen molar-refractivity contribution in [1.82, 2.24) is 5.32 Å². The van der Waals surface area contributed by atoms with Crippen LogP contribution >= 0.6 is 0 Å². The predicted molar refractivity (Wildman–Crippen MR) is 44.1 cm³/mol. The molecule has 0 atom stereocenters. The van der Waals surface area contributed by atoms with E-state index >= 15 is 0 Å². The Morgan fingerprint density at radius 3 is 2.55 bits per heavy atom. The van der Waals surface area contributed by atoms with Crippen molar-refractivity contribution in [3.05, 3.63) is 37.1 Å². The van der Waals surface area contributed by atoms with Gasteiger partial charge < -0.3 is 10.4 Å². The molecule has 2 N–H and O–H groups in total. The molecule has 3 nitrogen and oxygen atoms in total. The maximum atomic E-state index is 10.1. The second kappa shape index (κ2) is 5.29. The Labute approximate surface area is 65.7 Å². The van der Waals surface area contributed by atoms with Crippen molar-refractivity contribution in [2.24, 2.45) is 0 Å². The number of rotatable bonds is 5. The summed E-state index contributed by atoms with van der Waals surface area (Å²) in [5.74, 6) is -0.901. The van der Waals surface area contributed by atoms with Crippen LogP contribution in [0.1, 0.15) is 0 Å². The molecule has 0 aliphatic carbocycles. The minimum Gasteiger partial charge on any atom is -0.480 e. The van der Waals surface area contributed by atoms with Gasteiger partial charge in [-0.15, -0.1) is 0 Å². The Morgan fingerprint density at radius 1 is 1.55 bits per heavy atom. The Bertz CT molecular complexity index is 194. The monoisotopic (exact) mass is 153 g/mol. The standard InChI is InChI=1S/C8H11NO2/c1-3-5-7(4-2)9-6-8(10)11/h3-5,9H,1-2,6H2,(H,10,11)/b7-5+. The molecular weight excluding hydrogens is 142 g/mol. The average molecular weight is 153 g/mol. The molecule has 0 amide bonds. The number of aliphatic carboxylic acids is 1. The summed E-state index contributed by atoms with van der Waals surface area (Å²) in [5.41, 5.74) is 0.655. The molecule has 0 aliphatic heterocycles. The fraction of sp³-hybridized carbons (Fsp3) is 0.125. The first-order valence-electron chi connectivity index (χ1n) is 3.11. The first kappa shape index (κ1) is 9.49. The van der Waals surface area contributed by atoms with E-state index in [2.05, 4.69) is 18.5 Å². The molecule has 0 aromatic heterocycles. The molecule has 0 fully saturated rings. The first-order valence-corrected chi connectivity index (χ1v) is 3.11. The van der Waals surface area contributed by atoms with Crippen LogP contribution in [-0.4, -0.2) is 17.6 Å². The highest BCUT2D eigenvalue weighted by Gasteiger charge is 1.94. The van der Waals surface area contributed by atoms with Gasteiger partial charge in [0.2, 0.25) is 0 Å². The number of hydrogen-bond donors (Lipinski definition) is 2. The van der Waals surface area contributed by atoms with E-state index in [-0.39, 0.29) is 6.54 Å². The zero-order valence-electron chi connectivity index (χ0n) is 6.21. The van der Waals surface area contributed by atoms with E-state index in [4.69, 9.17) is 5.11 Å². The Kier molecular flexibility index (Phi) is 4.56. The van der Waals surface area contributed by atoms with Gasteiger partial charge in [-0.1, -0.05) is 19.2 Å². The number of carbonyl (C=O) groups is 1. The van der Waals surface area contributed by atoms with Crippen LogP contribution < -0.4 is 5.32 Å². The molecule has 0 rings (SSSR count). The zero-order chi connectivity index (χ0) is 8.69. The van der Waals surface area contributed by atoms with Crippen molar-refractivity contribution in [3.8, 4) is 0 Å². The van der Waals surface area contributed by atoms with Gasteiger partial charge in [0.25, 0.3) is 0 Å². The summed E-state index contributed by atoms with van der Waals surface area (Å²) in [6.45, 7) is 6.84. The van der Waals surface area contributed by atoms with Gasteiger partial charge in [-0.2, -0.15) is 0 Å². The third kappa shape index (κ3) is 4.96. The molecule has 0 aromatic carbocycles. The van der Waals surface area contributed by atoms with Crippen molar-refractivity contribution in [2.75, 3.05) is 6.54 Å². The number of carboxylic acid groups (broad SMARTS) is 1. The summed E-state index contributed by atoms with van der Waals surface area (Å²) in [6, 6.07) is 0. The van der Waals surface area contributed by atoms with Gasteiger partial charge in [-0.3, -0.25) is 4.79 Å². The number of hydrogen-bond acceptors (Lipinski definition) is 2. The minimum atomic E-state index is -0.901. The van der Waals surface area contributed by atoms with Crippen molar-refractivity contribution in [3.63, 3.8) is 0 Å². The van der Waals surface area contributed by atoms with Crippen LogP contribution in [0.2, 0.25) is 0 Å². The third-order valence-corrected chi connectivity index (χ3v) is 0.961. The lowest BCUT2D eigenvalue weighted by Crippen LogP contribution is -2.20. The fourth-order valence-electron chi connectivity index (χ4n) is 0.504. The van der Waals surface area contributed by atoms with Gasteiger partial charge in [0, 0.05) is 5.70 Å². The topological polar surface area (TPSA) is 49.3 Å². The molecule has 11 heavy (non-hydrogen) atoms. The van der Waals surface area contributed by atoms with Crippen molar-refractivity contribution in [2.45, 2.75) is 0 Å². The molecule has 0 saturated carbocycles. The van der Waals surface area contributed by atoms with Crippen molar-refractivity contribution in [1.29, 1.82) is 0 Å². The molecule has 0 radical (unpaired) electrons. The van der Waals surface area contributed by atoms with Crippen LogP contribution in [0.3, 0.4) is 0 Å². The minimum absolute atomic E-state index is 0.105. The quantitative estimate of drug-likeness (QED) is 0.577. The molecule has 0 aliphatic rings. The van der Waals surface area contributed by atoms with Crippen LogP contribution in [0.15, 0.2) is 37.1 Å². The van der Waals surface area contributed by atoms with E-state index in [9.17, 15) is 4.79 Å². The van der Waals surface area contributed by atoms with E-state index < -0.39 is 5.97 Å². The summed E-state index contributed by atoms with van der Waals surface area (Å²) in [6.07, 6.45) is 4.74. The Hall–Kier alpha value is -1.51. The maximum Gasteiger partial charge on any atom is 0.322 e. The molecule has 0 heterocycles. The molecule has 60 valence electrons. The van der Waals surface area contributed by atoms with E-state index in [1.807, 2.05) is 0 Å². The van der Waals surface area contributed by atoms with Crippen LogP contribution in [0.4, 0.5) is 0 Å². The number of carboxylic acids is 1. The second-order valence-corrected chi connectivity index (χ2v) is 1.81. The average Bonchev–Trinajstić information content (AvgIpc) is 1.97. The third-order valence-electron chi connectivity index (χ3n) is 0.961. The lowest BCUT2D eigenvalue weighted by atomic mass is 10.4. The highest BCUT2D eigenvalue weighted by molar-refractivity contribution is 5.69. The normalized spacial score (nSPS) is 10.4. The lowest BCUT2D eigenvalue weighted by Gasteiger charge is -2.01. The largest absolute Gasteiger partial charge is 0.480 e. The summed E-state index contributed by atoms with van der Waals surface area (Å²) < 4.78 is 0. The van der Waals surface area contributed by atoms with Gasteiger partial charge in [0.05, 0.1) is 0 Å². The summed E-state index contributed by atoms with van der Waals surface area (Å²) in [7, 11) is 0. The van der Waals surface area contributed by atoms with Crippen LogP contribution in [0.25, 0.3) is 0 Å². The molecule has 0 saturated heterocycles. The summed E-state index contributed by atoms with van der Waals surface area (Å²) in [5, 5.41) is 10.9. The maximum absolute atomic E-state index is 10.1. The molecule has 3 heteroatoms. The fourth-order valence-corrected chi connectivity index (χ4v) is 0.504. The lowest BCUT2D eigenvalue weighted by molar-refractivity contribution is -0.135. The molecular formula is C8H11NO2. The second-order valence-electron chi connectivity index (χ2n) is 1.81. The SMILES string of the molecule is C=C/C=C(\C=C)NCC(=O)O. The summed E-state index contributed by atoms with van der Waals surface area (Å²) >= 11 is 0. The van der Waals surface area contributed by atoms with Crippen LogP contribution in [0.5, 0.6) is 0 Å². The van der Waals surface area contributed by atoms with Gasteiger partial charge in [0.1, 0.15) is 6.54 Å². The van der Waals surface area contributed by atoms with Crippen molar-refractivity contribution >= 4 is 5.97 Å². The summed E-state index contributed by atoms with van der Waals surface area (Å²) in [4.78, 5) is 10.1. The molecule has 0 aromatic rings. The van der Waals surface area contributed by atoms with Gasteiger partial charge in [-0.05, 0) is 12.2 Å². The number of nitrogens with one attached hydrogen (secondary N) is 1. The predicted octanol–water partition coefficient (Wildman–Crippen LogP) is 0.916. The molecule has 0 spiro atoms. The highest BCUT2D eigenvalue weighted by Crippen LogP contribution is 1.88. The zero-order valence-corrected chi connectivity index (χ0v) is 6.21.